The fourth-order valence-corrected chi connectivity index (χ4v) is 5.46. The predicted octanol–water partition coefficient (Wildman–Crippen LogP) is 2.36. The summed E-state index contributed by atoms with van der Waals surface area (Å²) in [6.45, 7) is 8.39. The number of nitrogens with zero attached hydrogens (tertiary/aromatic N) is 1. The predicted molar refractivity (Wildman–Crippen MR) is 100 cm³/mol. The van der Waals surface area contributed by atoms with E-state index in [1.165, 1.54) is 15.8 Å². The number of ether oxygens (including phenoxy) is 3. The third-order valence-corrected chi connectivity index (χ3v) is 6.99. The second-order valence-corrected chi connectivity index (χ2v) is 12.9. The van der Waals surface area contributed by atoms with Gasteiger partial charge in [0.15, 0.2) is 11.5 Å². The van der Waals surface area contributed by atoms with E-state index in [0.717, 1.165) is 22.4 Å². The highest BCUT2D eigenvalue weighted by Crippen LogP contribution is 2.37. The molecule has 0 aliphatic carbocycles. The number of hydrogen-bond acceptors (Lipinski definition) is 4. The van der Waals surface area contributed by atoms with Gasteiger partial charge in [0.25, 0.3) is 0 Å². The topological polar surface area (TPSA) is 84.0 Å². The molecule has 7 nitrogen and oxygen atoms in total. The molecule has 1 aromatic heterocycles. The molecule has 1 atom stereocenters. The van der Waals surface area contributed by atoms with E-state index >= 15 is 0 Å². The lowest BCUT2D eigenvalue weighted by atomic mass is 10.0. The Hall–Kier alpha value is -2.19. The van der Waals surface area contributed by atoms with E-state index in [1.54, 1.807) is 0 Å². The maximum atomic E-state index is 11.6. The summed E-state index contributed by atoms with van der Waals surface area (Å²) in [4.78, 5) is 16.7. The van der Waals surface area contributed by atoms with Gasteiger partial charge in [-0.3, -0.25) is 0 Å². The number of carbonyl (C=O) groups is 1. The number of aromatic nitrogens is 1. The minimum Gasteiger partial charge on any atom is -0.465 e. The Balaban J connectivity index is 1.80. The molecule has 26 heavy (non-hydrogen) atoms. The van der Waals surface area contributed by atoms with Gasteiger partial charge in [0.1, 0.15) is 0 Å². The van der Waals surface area contributed by atoms with Crippen LogP contribution in [0.15, 0.2) is 12.1 Å². The van der Waals surface area contributed by atoms with Crippen molar-refractivity contribution in [2.24, 2.45) is 0 Å². The number of H-pyrrole nitrogens is 1. The first-order valence-electron chi connectivity index (χ1n) is 8.86. The van der Waals surface area contributed by atoms with E-state index in [1.807, 2.05) is 12.1 Å². The maximum Gasteiger partial charge on any atom is 0.407 e. The van der Waals surface area contributed by atoms with E-state index in [4.69, 9.17) is 14.2 Å². The van der Waals surface area contributed by atoms with Crippen LogP contribution in [0.3, 0.4) is 0 Å². The second kappa shape index (κ2) is 6.21. The molecule has 140 valence electrons. The lowest BCUT2D eigenvalue weighted by molar-refractivity contribution is 0.000442. The number of carboxylic acid groups (broad SMARTS) is 1. The molecule has 1 amide bonds. The number of amides is 1. The van der Waals surface area contributed by atoms with Gasteiger partial charge in [-0.05, 0) is 18.1 Å². The zero-order valence-corrected chi connectivity index (χ0v) is 16.3. The van der Waals surface area contributed by atoms with Crippen LogP contribution in [0.25, 0.3) is 10.9 Å². The first-order chi connectivity index (χ1) is 12.3. The Kier molecular flexibility index (Phi) is 4.11. The quantitative estimate of drug-likeness (QED) is 0.804. The summed E-state index contributed by atoms with van der Waals surface area (Å²) in [7, 11) is -1.67. The average molecular weight is 376 g/mol. The highest BCUT2D eigenvalue weighted by Gasteiger charge is 2.32. The Labute approximate surface area is 152 Å². The molecule has 2 aliphatic rings. The van der Waals surface area contributed by atoms with Gasteiger partial charge in [0, 0.05) is 28.8 Å². The highest BCUT2D eigenvalue weighted by molar-refractivity contribution is 6.88. The third kappa shape index (κ3) is 2.93. The zero-order valence-electron chi connectivity index (χ0n) is 15.3. The standard InChI is InChI=1S/C18H24N2O5Si/c1-26(2,3)17-13(6-11-9-23-5-4-20(11)18(21)22)12-7-15-16(25-10-24-15)8-14(12)19-17/h7-8,11,19H,4-6,9-10H2,1-3H3,(H,21,22)/t11-/m0/s1. The normalized spacial score (nSPS) is 20.0. The molecule has 2 aromatic rings. The minimum atomic E-state index is -1.67. The van der Waals surface area contributed by atoms with Crippen molar-refractivity contribution in [3.63, 3.8) is 0 Å². The van der Waals surface area contributed by atoms with Crippen LogP contribution in [-0.2, 0) is 11.2 Å². The van der Waals surface area contributed by atoms with Gasteiger partial charge in [0.2, 0.25) is 6.79 Å². The molecule has 3 heterocycles. The van der Waals surface area contributed by atoms with Crippen LogP contribution in [0, 0.1) is 0 Å². The number of morpholine rings is 1. The molecular formula is C18H24N2O5Si. The van der Waals surface area contributed by atoms with Crippen molar-refractivity contribution in [3.8, 4) is 11.5 Å². The SMILES string of the molecule is C[Si](C)(C)c1[nH]c2cc3c(cc2c1C[C@H]1COCCN1C(=O)O)OCO3. The third-order valence-electron chi connectivity index (χ3n) is 5.06. The van der Waals surface area contributed by atoms with Crippen molar-refractivity contribution in [1.29, 1.82) is 0 Å². The first kappa shape index (κ1) is 17.2. The van der Waals surface area contributed by atoms with Crippen LogP contribution in [0.5, 0.6) is 11.5 Å². The number of nitrogens with one attached hydrogen (secondary N) is 1. The Morgan fingerprint density at radius 1 is 1.31 bits per heavy atom. The summed E-state index contributed by atoms with van der Waals surface area (Å²) < 4.78 is 16.6. The van der Waals surface area contributed by atoms with Gasteiger partial charge in [0.05, 0.1) is 27.3 Å². The van der Waals surface area contributed by atoms with Crippen LogP contribution in [-0.4, -0.2) is 61.8 Å². The zero-order chi connectivity index (χ0) is 18.5. The van der Waals surface area contributed by atoms with E-state index in [0.29, 0.717) is 26.2 Å². The smallest absolute Gasteiger partial charge is 0.407 e. The highest BCUT2D eigenvalue weighted by atomic mass is 28.3. The number of fused-ring (bicyclic) bond motifs is 2. The van der Waals surface area contributed by atoms with Crippen LogP contribution >= 0.6 is 0 Å². The molecule has 0 saturated carbocycles. The van der Waals surface area contributed by atoms with Gasteiger partial charge < -0.3 is 29.2 Å². The van der Waals surface area contributed by atoms with E-state index in [9.17, 15) is 9.90 Å². The fourth-order valence-electron chi connectivity index (χ4n) is 3.80. The Morgan fingerprint density at radius 3 is 2.73 bits per heavy atom. The van der Waals surface area contributed by atoms with Crippen LogP contribution in [0.2, 0.25) is 19.6 Å². The molecule has 2 aliphatic heterocycles. The summed E-state index contributed by atoms with van der Waals surface area (Å²) >= 11 is 0. The summed E-state index contributed by atoms with van der Waals surface area (Å²) in [6, 6.07) is 3.82. The molecule has 1 aromatic carbocycles. The van der Waals surface area contributed by atoms with Gasteiger partial charge in [-0.25, -0.2) is 4.79 Å². The number of hydrogen-bond donors (Lipinski definition) is 2. The largest absolute Gasteiger partial charge is 0.465 e. The molecule has 1 saturated heterocycles. The number of aromatic amines is 1. The van der Waals surface area contributed by atoms with Crippen molar-refractivity contribution in [2.45, 2.75) is 32.1 Å². The monoisotopic (exact) mass is 376 g/mol. The molecule has 2 N–H and O–H groups in total. The average Bonchev–Trinajstić information content (AvgIpc) is 3.17. The molecule has 0 radical (unpaired) electrons. The van der Waals surface area contributed by atoms with Crippen LogP contribution < -0.4 is 14.8 Å². The molecule has 8 heteroatoms. The van der Waals surface area contributed by atoms with E-state index < -0.39 is 14.2 Å². The number of rotatable bonds is 3. The molecular weight excluding hydrogens is 352 g/mol. The van der Waals surface area contributed by atoms with Crippen molar-refractivity contribution < 1.29 is 24.1 Å². The molecule has 4 rings (SSSR count). The Morgan fingerprint density at radius 2 is 2.04 bits per heavy atom. The first-order valence-corrected chi connectivity index (χ1v) is 12.4. The van der Waals surface area contributed by atoms with Crippen molar-refractivity contribution >= 4 is 30.4 Å². The van der Waals surface area contributed by atoms with Gasteiger partial charge in [-0.2, -0.15) is 0 Å². The second-order valence-electron chi connectivity index (χ2n) is 7.89. The van der Waals surface area contributed by atoms with Gasteiger partial charge in [-0.1, -0.05) is 19.6 Å². The van der Waals surface area contributed by atoms with Crippen molar-refractivity contribution in [1.82, 2.24) is 9.88 Å². The molecule has 1 fully saturated rings. The molecule has 0 unspecified atom stereocenters. The summed E-state index contributed by atoms with van der Waals surface area (Å²) in [5.74, 6) is 1.50. The van der Waals surface area contributed by atoms with Crippen LogP contribution in [0.1, 0.15) is 5.56 Å². The Bertz CT molecular complexity index is 857. The van der Waals surface area contributed by atoms with Gasteiger partial charge >= 0.3 is 6.09 Å². The maximum absolute atomic E-state index is 11.6. The van der Waals surface area contributed by atoms with Gasteiger partial charge in [-0.15, -0.1) is 0 Å². The van der Waals surface area contributed by atoms with E-state index in [2.05, 4.69) is 24.6 Å². The lowest BCUT2D eigenvalue weighted by Crippen LogP contribution is -2.50. The molecule has 0 spiro atoms. The van der Waals surface area contributed by atoms with E-state index in [-0.39, 0.29) is 12.8 Å². The summed E-state index contributed by atoms with van der Waals surface area (Å²) in [5.41, 5.74) is 2.19. The molecule has 0 bridgehead atoms. The summed E-state index contributed by atoms with van der Waals surface area (Å²) in [5, 5.41) is 11.9. The fraction of sp³-hybridized carbons (Fsp3) is 0.500. The van der Waals surface area contributed by atoms with Crippen molar-refractivity contribution in [3.05, 3.63) is 17.7 Å². The minimum absolute atomic E-state index is 0.180. The number of benzene rings is 1. The summed E-state index contributed by atoms with van der Waals surface area (Å²) in [6.07, 6.45) is -0.253. The lowest BCUT2D eigenvalue weighted by Gasteiger charge is -2.34. The van der Waals surface area contributed by atoms with Crippen LogP contribution in [0.4, 0.5) is 4.79 Å². The van der Waals surface area contributed by atoms with Crippen molar-refractivity contribution in [2.75, 3.05) is 26.6 Å².